The number of hydrogen-bond donors (Lipinski definition) is 1. The smallest absolute Gasteiger partial charge is 0.251 e. The van der Waals surface area contributed by atoms with Crippen molar-refractivity contribution in [1.29, 1.82) is 0 Å². The molecule has 4 rings (SSSR count). The zero-order chi connectivity index (χ0) is 24.0. The molecule has 2 aliphatic heterocycles. The van der Waals surface area contributed by atoms with Crippen LogP contribution in [0.2, 0.25) is 0 Å². The quantitative estimate of drug-likeness (QED) is 0.651. The Balaban J connectivity index is 1.48. The number of benzene rings is 2. The Kier molecular flexibility index (Phi) is 8.37. The van der Waals surface area contributed by atoms with Gasteiger partial charge in [0.25, 0.3) is 5.91 Å². The van der Waals surface area contributed by atoms with E-state index in [4.69, 9.17) is 4.74 Å². The highest BCUT2D eigenvalue weighted by molar-refractivity contribution is 7.89. The summed E-state index contributed by atoms with van der Waals surface area (Å²) in [4.78, 5) is 15.6. The summed E-state index contributed by atoms with van der Waals surface area (Å²) >= 11 is 0. The lowest BCUT2D eigenvalue weighted by molar-refractivity contribution is 0.0162. The number of morpholine rings is 1. The molecule has 0 spiro atoms. The van der Waals surface area contributed by atoms with E-state index in [1.807, 2.05) is 0 Å². The molecule has 2 fully saturated rings. The van der Waals surface area contributed by atoms with Crippen molar-refractivity contribution in [2.75, 3.05) is 45.9 Å². The van der Waals surface area contributed by atoms with Crippen LogP contribution >= 0.6 is 0 Å². The largest absolute Gasteiger partial charge is 0.379 e. The lowest BCUT2D eigenvalue weighted by atomic mass is 10.0. The minimum absolute atomic E-state index is 0.0254. The fourth-order valence-corrected chi connectivity index (χ4v) is 6.22. The maximum Gasteiger partial charge on any atom is 0.251 e. The fourth-order valence-electron chi connectivity index (χ4n) is 4.66. The minimum Gasteiger partial charge on any atom is -0.379 e. The van der Waals surface area contributed by atoms with Gasteiger partial charge in [-0.25, -0.2) is 8.42 Å². The Hall–Kier alpha value is -2.26. The van der Waals surface area contributed by atoms with Crippen LogP contribution in [0.1, 0.15) is 53.2 Å². The summed E-state index contributed by atoms with van der Waals surface area (Å²) < 4.78 is 33.4. The third kappa shape index (κ3) is 6.05. The molecule has 0 radical (unpaired) electrons. The molecule has 0 aromatic heterocycles. The number of nitrogens with zero attached hydrogens (tertiary/aromatic N) is 2. The first-order valence-electron chi connectivity index (χ1n) is 12.2. The second kappa shape index (κ2) is 11.4. The number of hydrogen-bond acceptors (Lipinski definition) is 5. The highest BCUT2D eigenvalue weighted by atomic mass is 32.2. The van der Waals surface area contributed by atoms with Crippen molar-refractivity contribution in [2.24, 2.45) is 0 Å². The third-order valence-electron chi connectivity index (χ3n) is 6.70. The number of nitrogens with one attached hydrogen (secondary N) is 1. The van der Waals surface area contributed by atoms with Gasteiger partial charge in [0.05, 0.1) is 24.2 Å². The lowest BCUT2D eigenvalue weighted by Gasteiger charge is -2.35. The molecule has 184 valence electrons. The maximum atomic E-state index is 13.2. The number of ether oxygens (including phenoxy) is 1. The van der Waals surface area contributed by atoms with E-state index < -0.39 is 10.0 Å². The molecule has 34 heavy (non-hydrogen) atoms. The van der Waals surface area contributed by atoms with Gasteiger partial charge in [-0.05, 0) is 43.5 Å². The predicted molar refractivity (Wildman–Crippen MR) is 132 cm³/mol. The number of aryl methyl sites for hydroxylation is 1. The average molecular weight is 486 g/mol. The molecule has 7 nitrogen and oxygen atoms in total. The van der Waals surface area contributed by atoms with Crippen molar-refractivity contribution in [1.82, 2.24) is 14.5 Å². The second-order valence-electron chi connectivity index (χ2n) is 9.13. The van der Waals surface area contributed by atoms with Crippen molar-refractivity contribution in [3.05, 3.63) is 65.2 Å². The van der Waals surface area contributed by atoms with Gasteiger partial charge >= 0.3 is 0 Å². The molecule has 1 amide bonds. The molecular weight excluding hydrogens is 450 g/mol. The Morgan fingerprint density at radius 2 is 1.65 bits per heavy atom. The van der Waals surface area contributed by atoms with Crippen LogP contribution in [0.4, 0.5) is 0 Å². The van der Waals surface area contributed by atoms with Crippen LogP contribution in [0.5, 0.6) is 0 Å². The highest BCUT2D eigenvalue weighted by Gasteiger charge is 2.27. The van der Waals surface area contributed by atoms with E-state index in [0.717, 1.165) is 44.3 Å². The molecule has 2 aromatic carbocycles. The van der Waals surface area contributed by atoms with Crippen LogP contribution < -0.4 is 5.32 Å². The number of carbonyl (C=O) groups excluding carboxylic acids is 1. The van der Waals surface area contributed by atoms with Gasteiger partial charge in [-0.15, -0.1) is 0 Å². The number of rotatable bonds is 7. The van der Waals surface area contributed by atoms with Crippen molar-refractivity contribution in [3.8, 4) is 0 Å². The Labute approximate surface area is 203 Å². The molecule has 0 bridgehead atoms. The highest BCUT2D eigenvalue weighted by Crippen LogP contribution is 2.23. The Bertz CT molecular complexity index is 1060. The molecule has 1 atom stereocenters. The van der Waals surface area contributed by atoms with Gasteiger partial charge in [-0.3, -0.25) is 9.69 Å². The zero-order valence-corrected chi connectivity index (χ0v) is 20.7. The van der Waals surface area contributed by atoms with Crippen molar-refractivity contribution in [3.63, 3.8) is 0 Å². The van der Waals surface area contributed by atoms with E-state index in [-0.39, 0.29) is 16.8 Å². The molecule has 2 saturated heterocycles. The first kappa shape index (κ1) is 24.9. The first-order chi connectivity index (χ1) is 16.4. The fraction of sp³-hybridized carbons (Fsp3) is 0.500. The topological polar surface area (TPSA) is 79.0 Å². The second-order valence-corrected chi connectivity index (χ2v) is 11.1. The molecule has 0 aliphatic carbocycles. The van der Waals surface area contributed by atoms with E-state index in [1.165, 1.54) is 11.6 Å². The van der Waals surface area contributed by atoms with Crippen molar-refractivity contribution >= 4 is 15.9 Å². The lowest BCUT2D eigenvalue weighted by Crippen LogP contribution is -2.43. The summed E-state index contributed by atoms with van der Waals surface area (Å²) in [5.74, 6) is -0.265. The van der Waals surface area contributed by atoms with E-state index in [9.17, 15) is 13.2 Å². The molecule has 1 unspecified atom stereocenters. The maximum absolute atomic E-state index is 13.2. The Morgan fingerprint density at radius 3 is 2.32 bits per heavy atom. The third-order valence-corrected chi connectivity index (χ3v) is 8.60. The Morgan fingerprint density at radius 1 is 0.971 bits per heavy atom. The number of sulfonamides is 1. The van der Waals surface area contributed by atoms with Crippen LogP contribution in [0.25, 0.3) is 0 Å². The SMILES string of the molecule is Cc1ccc(C(CNC(=O)c2cccc(S(=O)(=O)N3CCCCCC3)c2)N2CCOCC2)cc1. The summed E-state index contributed by atoms with van der Waals surface area (Å²) in [5.41, 5.74) is 2.70. The van der Waals surface area contributed by atoms with E-state index in [0.29, 0.717) is 38.4 Å². The van der Waals surface area contributed by atoms with Crippen molar-refractivity contribution < 1.29 is 17.9 Å². The molecule has 2 aromatic rings. The van der Waals surface area contributed by atoms with Gasteiger partial charge < -0.3 is 10.1 Å². The standard InChI is InChI=1S/C26H35N3O4S/c1-21-9-11-22(12-10-21)25(28-15-17-33-18-16-28)20-27-26(30)23-7-6-8-24(19-23)34(31,32)29-13-4-2-3-5-14-29/h6-12,19,25H,2-5,13-18,20H2,1H3,(H,27,30). The minimum atomic E-state index is -3.61. The normalized spacial score (nSPS) is 19.3. The van der Waals surface area contributed by atoms with Crippen LogP contribution in [-0.2, 0) is 14.8 Å². The summed E-state index contributed by atoms with van der Waals surface area (Å²) in [6.07, 6.45) is 3.86. The summed E-state index contributed by atoms with van der Waals surface area (Å²) in [5, 5.41) is 3.05. The molecule has 0 saturated carbocycles. The number of amides is 1. The average Bonchev–Trinajstić information content (AvgIpc) is 3.16. The van der Waals surface area contributed by atoms with Crippen molar-refractivity contribution in [2.45, 2.75) is 43.5 Å². The monoisotopic (exact) mass is 485 g/mol. The van der Waals surface area contributed by atoms with Crippen LogP contribution in [0, 0.1) is 6.92 Å². The molecule has 1 N–H and O–H groups in total. The van der Waals surface area contributed by atoms with E-state index in [1.54, 1.807) is 22.5 Å². The van der Waals surface area contributed by atoms with Gasteiger partial charge in [0.2, 0.25) is 10.0 Å². The van der Waals surface area contributed by atoms with Crippen LogP contribution in [0.15, 0.2) is 53.4 Å². The van der Waals surface area contributed by atoms with Crippen LogP contribution in [-0.4, -0.2) is 69.5 Å². The van der Waals surface area contributed by atoms with Gasteiger partial charge in [-0.2, -0.15) is 4.31 Å². The zero-order valence-electron chi connectivity index (χ0n) is 19.9. The number of carbonyl (C=O) groups is 1. The van der Waals surface area contributed by atoms with Gasteiger partial charge in [-0.1, -0.05) is 48.7 Å². The summed E-state index contributed by atoms with van der Waals surface area (Å²) in [7, 11) is -3.61. The van der Waals surface area contributed by atoms with E-state index >= 15 is 0 Å². The molecular formula is C26H35N3O4S. The van der Waals surface area contributed by atoms with Gasteiger partial charge in [0.1, 0.15) is 0 Å². The van der Waals surface area contributed by atoms with Crippen LogP contribution in [0.3, 0.4) is 0 Å². The summed E-state index contributed by atoms with van der Waals surface area (Å²) in [6, 6.07) is 14.8. The molecule has 2 aliphatic rings. The summed E-state index contributed by atoms with van der Waals surface area (Å²) in [6.45, 7) is 6.52. The van der Waals surface area contributed by atoms with E-state index in [2.05, 4.69) is 41.4 Å². The van der Waals surface area contributed by atoms with Gasteiger partial charge in [0, 0.05) is 38.3 Å². The van der Waals surface area contributed by atoms with Gasteiger partial charge in [0.15, 0.2) is 0 Å². The first-order valence-corrected chi connectivity index (χ1v) is 13.7. The molecule has 2 heterocycles. The molecule has 8 heteroatoms. The predicted octanol–water partition coefficient (Wildman–Crippen LogP) is 3.36.